The summed E-state index contributed by atoms with van der Waals surface area (Å²) in [6.45, 7) is 1.45. The van der Waals surface area contributed by atoms with Gasteiger partial charge in [0.1, 0.15) is 5.52 Å². The Morgan fingerprint density at radius 2 is 1.88 bits per heavy atom. The zero-order valence-corrected chi connectivity index (χ0v) is 14.4. The zero-order valence-electron chi connectivity index (χ0n) is 13.6. The number of nitrogens with zero attached hydrogens (tertiary/aromatic N) is 2. The molecule has 0 aliphatic carbocycles. The van der Waals surface area contributed by atoms with Gasteiger partial charge in [-0.25, -0.2) is 0 Å². The van der Waals surface area contributed by atoms with Gasteiger partial charge in [0.2, 0.25) is 0 Å². The summed E-state index contributed by atoms with van der Waals surface area (Å²) in [7, 11) is 4.02. The van der Waals surface area contributed by atoms with E-state index in [4.69, 9.17) is 11.6 Å². The fourth-order valence-corrected chi connectivity index (χ4v) is 3.59. The maximum Gasteiger partial charge on any atom is 0.275 e. The standard InChI is InChI=1S/C19H18ClN3O/c1-22(2)10-11-23-15-9-4-3-6-12(15)16-17-13(20)7-5-8-14(17)21-18(16)19(23)24/h3-9,21H,10-11H2,1-2H3. The number of aromatic amines is 1. The lowest BCUT2D eigenvalue weighted by Crippen LogP contribution is -2.27. The van der Waals surface area contributed by atoms with E-state index in [0.29, 0.717) is 17.1 Å². The summed E-state index contributed by atoms with van der Waals surface area (Å²) in [5, 5.41) is 3.54. The molecule has 4 rings (SSSR count). The number of hydrogen-bond acceptors (Lipinski definition) is 2. The molecule has 0 radical (unpaired) electrons. The van der Waals surface area contributed by atoms with E-state index in [-0.39, 0.29) is 5.56 Å². The summed E-state index contributed by atoms with van der Waals surface area (Å²) in [5.41, 5.74) is 2.45. The number of benzene rings is 2. The van der Waals surface area contributed by atoms with E-state index in [1.54, 1.807) is 0 Å². The second-order valence-corrected chi connectivity index (χ2v) is 6.72. The van der Waals surface area contributed by atoms with Gasteiger partial charge >= 0.3 is 0 Å². The predicted molar refractivity (Wildman–Crippen MR) is 101 cm³/mol. The Morgan fingerprint density at radius 1 is 1.08 bits per heavy atom. The number of aromatic nitrogens is 2. The number of hydrogen-bond donors (Lipinski definition) is 1. The largest absolute Gasteiger partial charge is 0.350 e. The molecule has 0 atom stereocenters. The highest BCUT2D eigenvalue weighted by Gasteiger charge is 2.16. The van der Waals surface area contributed by atoms with E-state index < -0.39 is 0 Å². The lowest BCUT2D eigenvalue weighted by atomic mass is 10.1. The summed E-state index contributed by atoms with van der Waals surface area (Å²) >= 11 is 6.44. The van der Waals surface area contributed by atoms with Crippen LogP contribution in [0.4, 0.5) is 0 Å². The first kappa shape index (κ1) is 15.2. The lowest BCUT2D eigenvalue weighted by molar-refractivity contribution is 0.384. The van der Waals surface area contributed by atoms with Crippen LogP contribution in [0.5, 0.6) is 0 Å². The van der Waals surface area contributed by atoms with Crippen molar-refractivity contribution in [1.29, 1.82) is 0 Å². The lowest BCUT2D eigenvalue weighted by Gasteiger charge is -2.14. The summed E-state index contributed by atoms with van der Waals surface area (Å²) < 4.78 is 1.85. The van der Waals surface area contributed by atoms with Gasteiger partial charge in [0.25, 0.3) is 5.56 Å². The molecule has 0 fully saturated rings. The number of pyridine rings is 1. The molecule has 0 aliphatic heterocycles. The molecule has 0 spiro atoms. The molecule has 0 saturated heterocycles. The highest BCUT2D eigenvalue weighted by Crippen LogP contribution is 2.34. The molecule has 5 heteroatoms. The van der Waals surface area contributed by atoms with Crippen molar-refractivity contribution in [3.05, 3.63) is 57.8 Å². The average molecular weight is 340 g/mol. The van der Waals surface area contributed by atoms with E-state index in [9.17, 15) is 4.79 Å². The highest BCUT2D eigenvalue weighted by molar-refractivity contribution is 6.39. The van der Waals surface area contributed by atoms with Crippen LogP contribution in [0, 0.1) is 0 Å². The van der Waals surface area contributed by atoms with E-state index in [2.05, 4.69) is 16.0 Å². The summed E-state index contributed by atoms with van der Waals surface area (Å²) in [6, 6.07) is 13.7. The number of fused-ring (bicyclic) bond motifs is 5. The Bertz CT molecular complexity index is 1120. The topological polar surface area (TPSA) is 41.0 Å². The molecule has 1 N–H and O–H groups in total. The average Bonchev–Trinajstić information content (AvgIpc) is 2.96. The van der Waals surface area contributed by atoms with Gasteiger partial charge in [0.15, 0.2) is 0 Å². The van der Waals surface area contributed by atoms with Crippen LogP contribution in [-0.4, -0.2) is 35.1 Å². The van der Waals surface area contributed by atoms with Gasteiger partial charge in [-0.05, 0) is 32.3 Å². The van der Waals surface area contributed by atoms with Crippen LogP contribution in [0.3, 0.4) is 0 Å². The Kier molecular flexibility index (Phi) is 3.59. The van der Waals surface area contributed by atoms with Crippen LogP contribution in [0.25, 0.3) is 32.7 Å². The summed E-state index contributed by atoms with van der Waals surface area (Å²) in [5.74, 6) is 0. The van der Waals surface area contributed by atoms with Crippen molar-refractivity contribution in [3.8, 4) is 0 Å². The Hall–Kier alpha value is -2.30. The quantitative estimate of drug-likeness (QED) is 0.616. The second-order valence-electron chi connectivity index (χ2n) is 6.31. The van der Waals surface area contributed by atoms with E-state index in [0.717, 1.165) is 33.7 Å². The molecule has 0 unspecified atom stereocenters. The van der Waals surface area contributed by atoms with Crippen LogP contribution in [-0.2, 0) is 6.54 Å². The van der Waals surface area contributed by atoms with Crippen molar-refractivity contribution in [2.24, 2.45) is 0 Å². The smallest absolute Gasteiger partial charge is 0.275 e. The number of halogens is 1. The minimum Gasteiger partial charge on any atom is -0.350 e. The van der Waals surface area contributed by atoms with Gasteiger partial charge in [-0.2, -0.15) is 0 Å². The molecule has 2 aromatic carbocycles. The zero-order chi connectivity index (χ0) is 16.8. The molecule has 0 amide bonds. The molecule has 0 aliphatic rings. The fraction of sp³-hybridized carbons (Fsp3) is 0.211. The highest BCUT2D eigenvalue weighted by atomic mass is 35.5. The van der Waals surface area contributed by atoms with Crippen molar-refractivity contribution in [2.45, 2.75) is 6.54 Å². The van der Waals surface area contributed by atoms with E-state index in [1.807, 2.05) is 55.1 Å². The van der Waals surface area contributed by atoms with E-state index >= 15 is 0 Å². The molecule has 2 aromatic heterocycles. The second kappa shape index (κ2) is 5.65. The first-order chi connectivity index (χ1) is 11.6. The van der Waals surface area contributed by atoms with Gasteiger partial charge in [0.05, 0.1) is 10.5 Å². The minimum atomic E-state index is -0.00202. The van der Waals surface area contributed by atoms with Crippen molar-refractivity contribution >= 4 is 44.3 Å². The van der Waals surface area contributed by atoms with Gasteiger partial charge in [0, 0.05) is 34.8 Å². The Labute approximate surface area is 144 Å². The molecule has 2 heterocycles. The van der Waals surface area contributed by atoms with Crippen molar-refractivity contribution in [1.82, 2.24) is 14.5 Å². The maximum absolute atomic E-state index is 13.1. The van der Waals surface area contributed by atoms with Crippen LogP contribution in [0.2, 0.25) is 5.02 Å². The molecular weight excluding hydrogens is 322 g/mol. The molecular formula is C19H18ClN3O. The van der Waals surface area contributed by atoms with Crippen molar-refractivity contribution < 1.29 is 0 Å². The monoisotopic (exact) mass is 339 g/mol. The Balaban J connectivity index is 2.18. The molecule has 24 heavy (non-hydrogen) atoms. The van der Waals surface area contributed by atoms with Gasteiger partial charge in [-0.1, -0.05) is 35.9 Å². The van der Waals surface area contributed by atoms with Crippen LogP contribution in [0.1, 0.15) is 0 Å². The number of para-hydroxylation sites is 1. The van der Waals surface area contributed by atoms with Crippen LogP contribution >= 0.6 is 11.6 Å². The number of likely N-dealkylation sites (N-methyl/N-ethyl adjacent to an activating group) is 1. The third-order valence-corrected chi connectivity index (χ3v) is 4.78. The molecule has 4 aromatic rings. The number of H-pyrrole nitrogens is 1. The minimum absolute atomic E-state index is 0.00202. The van der Waals surface area contributed by atoms with Crippen LogP contribution in [0.15, 0.2) is 47.3 Å². The third-order valence-electron chi connectivity index (χ3n) is 4.47. The first-order valence-electron chi connectivity index (χ1n) is 7.94. The summed E-state index contributed by atoms with van der Waals surface area (Å²) in [4.78, 5) is 18.5. The molecule has 0 bridgehead atoms. The molecule has 4 nitrogen and oxygen atoms in total. The van der Waals surface area contributed by atoms with Crippen molar-refractivity contribution in [3.63, 3.8) is 0 Å². The Morgan fingerprint density at radius 3 is 2.67 bits per heavy atom. The van der Waals surface area contributed by atoms with Crippen molar-refractivity contribution in [2.75, 3.05) is 20.6 Å². The normalized spacial score (nSPS) is 12.0. The fourth-order valence-electron chi connectivity index (χ4n) is 3.32. The SMILES string of the molecule is CN(C)CCn1c(=O)c2[nH]c3cccc(Cl)c3c2c2ccccc21. The van der Waals surface area contributed by atoms with Gasteiger partial charge in [-0.3, -0.25) is 4.79 Å². The van der Waals surface area contributed by atoms with Crippen LogP contribution < -0.4 is 5.56 Å². The van der Waals surface area contributed by atoms with Gasteiger partial charge in [-0.15, -0.1) is 0 Å². The number of nitrogens with one attached hydrogen (secondary N) is 1. The first-order valence-corrected chi connectivity index (χ1v) is 8.32. The molecule has 122 valence electrons. The number of rotatable bonds is 3. The predicted octanol–water partition coefficient (Wildman–Crippen LogP) is 3.85. The third kappa shape index (κ3) is 2.22. The molecule has 0 saturated carbocycles. The van der Waals surface area contributed by atoms with E-state index in [1.165, 1.54) is 0 Å². The maximum atomic E-state index is 13.1. The summed E-state index contributed by atoms with van der Waals surface area (Å²) in [6.07, 6.45) is 0. The van der Waals surface area contributed by atoms with Gasteiger partial charge < -0.3 is 14.5 Å².